The van der Waals surface area contributed by atoms with Crippen LogP contribution < -0.4 is 0 Å². The minimum absolute atomic E-state index is 1.82. The molecule has 0 amide bonds. The van der Waals surface area contributed by atoms with Gasteiger partial charge in [-0.25, -0.2) is 9.59 Å². The number of carboxylic acid groups (broad SMARTS) is 2. The Bertz CT molecular complexity index is 86.6. The van der Waals surface area contributed by atoms with E-state index in [1.54, 1.807) is 0 Å². The molecule has 0 bridgehead atoms. The van der Waals surface area contributed by atoms with Crippen LogP contribution in [0, 0.1) is 0 Å². The Labute approximate surface area is 52.3 Å². The molecule has 0 rings (SSSR count). The van der Waals surface area contributed by atoms with E-state index in [1.165, 1.54) is 0 Å². The maximum absolute atomic E-state index is 9.10. The van der Waals surface area contributed by atoms with E-state index in [0.717, 1.165) is 0 Å². The van der Waals surface area contributed by atoms with Crippen LogP contribution in [0.4, 0.5) is 0 Å². The minimum atomic E-state index is -1.82. The van der Waals surface area contributed by atoms with Crippen LogP contribution in [0.15, 0.2) is 0 Å². The summed E-state index contributed by atoms with van der Waals surface area (Å²) in [7, 11) is 0. The van der Waals surface area contributed by atoms with Crippen LogP contribution in [-0.2, 0) is 29.4 Å². The molecule has 0 aromatic heterocycles. The third-order valence-corrected chi connectivity index (χ3v) is 0.183. The predicted molar refractivity (Wildman–Crippen MR) is 16.0 cm³/mol. The van der Waals surface area contributed by atoms with Crippen LogP contribution in [-0.4, -0.2) is 22.2 Å². The molecular formula is C2H2CuO5. The molecule has 51 valence electrons. The van der Waals surface area contributed by atoms with Crippen LogP contribution in [0.3, 0.4) is 0 Å². The van der Waals surface area contributed by atoms with Gasteiger partial charge in [0.15, 0.2) is 0 Å². The predicted octanol–water partition coefficient (Wildman–Crippen LogP) is -0.966. The third-order valence-electron chi connectivity index (χ3n) is 0.183. The summed E-state index contributed by atoms with van der Waals surface area (Å²) >= 11 is 2.94. The van der Waals surface area contributed by atoms with Crippen molar-refractivity contribution in [3.05, 3.63) is 0 Å². The molecule has 6 heteroatoms. The average molecular weight is 170 g/mol. The Morgan fingerprint density at radius 1 is 1.00 bits per heavy atom. The van der Waals surface area contributed by atoms with Crippen molar-refractivity contribution in [1.82, 2.24) is 0 Å². The van der Waals surface area contributed by atoms with Gasteiger partial charge in [0.05, 0.1) is 0 Å². The van der Waals surface area contributed by atoms with Gasteiger partial charge < -0.3 is 10.2 Å². The molecule has 0 aliphatic heterocycles. The first-order valence-corrected chi connectivity index (χ1v) is 1.61. The summed E-state index contributed by atoms with van der Waals surface area (Å²) in [5.41, 5.74) is 0. The summed E-state index contributed by atoms with van der Waals surface area (Å²) in [5, 5.41) is 14.8. The van der Waals surface area contributed by atoms with Gasteiger partial charge in [0.2, 0.25) is 0 Å². The normalized spacial score (nSPS) is 6.25. The molecule has 0 saturated heterocycles. The van der Waals surface area contributed by atoms with Crippen molar-refractivity contribution in [2.75, 3.05) is 0 Å². The first-order chi connectivity index (χ1) is 3.64. The van der Waals surface area contributed by atoms with Crippen LogP contribution in [0.1, 0.15) is 0 Å². The Balaban J connectivity index is 0. The van der Waals surface area contributed by atoms with Crippen molar-refractivity contribution in [1.29, 1.82) is 0 Å². The van der Waals surface area contributed by atoms with Gasteiger partial charge >= 0.3 is 31.7 Å². The number of hydrogen-bond donors (Lipinski definition) is 2. The van der Waals surface area contributed by atoms with E-state index in [9.17, 15) is 0 Å². The summed E-state index contributed by atoms with van der Waals surface area (Å²) in [5.74, 6) is -3.65. The second kappa shape index (κ2) is 6.26. The van der Waals surface area contributed by atoms with Crippen molar-refractivity contribution in [3.63, 3.8) is 0 Å². The van der Waals surface area contributed by atoms with Gasteiger partial charge in [-0.15, -0.1) is 0 Å². The zero-order chi connectivity index (χ0) is 7.15. The Kier molecular flexibility index (Phi) is 8.05. The molecule has 0 aliphatic rings. The van der Waals surface area contributed by atoms with E-state index in [0.29, 0.717) is 0 Å². The van der Waals surface area contributed by atoms with E-state index in [4.69, 9.17) is 23.6 Å². The molecule has 0 aromatic rings. The van der Waals surface area contributed by atoms with Gasteiger partial charge in [-0.05, 0) is 0 Å². The Hall–Kier alpha value is -0.741. The molecule has 0 radical (unpaired) electrons. The summed E-state index contributed by atoms with van der Waals surface area (Å²) < 4.78 is 7.81. The Morgan fingerprint density at radius 3 is 1.12 bits per heavy atom. The standard InChI is InChI=1S/C2H2O4.Cu.O/c3-1(4)2(5)6;;/h(H,3,4)(H,5,6);;. The van der Waals surface area contributed by atoms with Crippen LogP contribution in [0.2, 0.25) is 0 Å². The van der Waals surface area contributed by atoms with E-state index < -0.39 is 11.9 Å². The molecule has 0 fully saturated rings. The molecule has 0 atom stereocenters. The van der Waals surface area contributed by atoms with Crippen LogP contribution in [0.25, 0.3) is 0 Å². The first kappa shape index (κ1) is 10.3. The summed E-state index contributed by atoms with van der Waals surface area (Å²) in [4.78, 5) is 18.2. The number of rotatable bonds is 0. The molecular weight excluding hydrogens is 168 g/mol. The third kappa shape index (κ3) is 8.98. The van der Waals surface area contributed by atoms with Gasteiger partial charge in [-0.2, -0.15) is 0 Å². The molecule has 0 aromatic carbocycles. The molecule has 0 spiro atoms. The number of aliphatic carboxylic acids is 2. The first-order valence-electron chi connectivity index (χ1n) is 1.23. The van der Waals surface area contributed by atoms with Gasteiger partial charge in [0, 0.05) is 0 Å². The van der Waals surface area contributed by atoms with Crippen molar-refractivity contribution >= 4 is 11.9 Å². The summed E-state index contributed by atoms with van der Waals surface area (Å²) in [6.45, 7) is 0. The zero-order valence-electron chi connectivity index (χ0n) is 3.42. The monoisotopic (exact) mass is 169 g/mol. The molecule has 8 heavy (non-hydrogen) atoms. The Morgan fingerprint density at radius 2 is 1.12 bits per heavy atom. The number of carboxylic acids is 2. The zero-order valence-corrected chi connectivity index (χ0v) is 4.36. The fourth-order valence-corrected chi connectivity index (χ4v) is 0. The summed E-state index contributed by atoms with van der Waals surface area (Å²) in [6.07, 6.45) is 0. The van der Waals surface area contributed by atoms with E-state index >= 15 is 0 Å². The average Bonchev–Trinajstić information content (AvgIpc) is 1.72. The van der Waals surface area contributed by atoms with Gasteiger partial charge in [0.1, 0.15) is 0 Å². The molecule has 0 aliphatic carbocycles. The molecule has 0 unspecified atom stereocenters. The molecule has 5 nitrogen and oxygen atoms in total. The fourth-order valence-electron chi connectivity index (χ4n) is 0. The number of hydrogen-bond acceptors (Lipinski definition) is 3. The van der Waals surface area contributed by atoms with Gasteiger partial charge in [-0.1, -0.05) is 0 Å². The van der Waals surface area contributed by atoms with E-state index in [-0.39, 0.29) is 0 Å². The van der Waals surface area contributed by atoms with Crippen molar-refractivity contribution in [2.24, 2.45) is 0 Å². The molecule has 0 saturated carbocycles. The molecule has 2 N–H and O–H groups in total. The van der Waals surface area contributed by atoms with Gasteiger partial charge in [-0.3, -0.25) is 0 Å². The van der Waals surface area contributed by atoms with Crippen LogP contribution >= 0.6 is 0 Å². The van der Waals surface area contributed by atoms with Crippen molar-refractivity contribution in [3.8, 4) is 0 Å². The second-order valence-electron chi connectivity index (χ2n) is 0.610. The van der Waals surface area contributed by atoms with Crippen LogP contribution in [0.5, 0.6) is 0 Å². The van der Waals surface area contributed by atoms with Gasteiger partial charge in [0.25, 0.3) is 0 Å². The molecule has 0 heterocycles. The summed E-state index contributed by atoms with van der Waals surface area (Å²) in [6, 6.07) is 0. The van der Waals surface area contributed by atoms with Crippen molar-refractivity contribution < 1.29 is 39.6 Å². The van der Waals surface area contributed by atoms with E-state index in [1.807, 2.05) is 0 Å². The second-order valence-corrected chi connectivity index (χ2v) is 0.610. The van der Waals surface area contributed by atoms with E-state index in [2.05, 4.69) is 15.9 Å². The number of carbonyl (C=O) groups is 2. The SMILES string of the molecule is O=C(O)C(=O)O.[O]=[Cu]. The topological polar surface area (TPSA) is 91.7 Å². The van der Waals surface area contributed by atoms with Crippen molar-refractivity contribution in [2.45, 2.75) is 0 Å². The maximum atomic E-state index is 9.10. The quantitative estimate of drug-likeness (QED) is 0.360. The fraction of sp³-hybridized carbons (Fsp3) is 0.